The van der Waals surface area contributed by atoms with Crippen molar-refractivity contribution >= 4 is 17.1 Å². The van der Waals surface area contributed by atoms with Crippen LogP contribution in [0.1, 0.15) is 36.5 Å². The third kappa shape index (κ3) is 7.30. The van der Waals surface area contributed by atoms with Gasteiger partial charge in [0, 0.05) is 20.1 Å². The van der Waals surface area contributed by atoms with E-state index in [1.165, 1.54) is 6.92 Å². The van der Waals surface area contributed by atoms with E-state index in [0.29, 0.717) is 18.8 Å². The molecule has 34 heavy (non-hydrogen) atoms. The molecule has 0 saturated heterocycles. The topological polar surface area (TPSA) is 59.0 Å². The number of aliphatic hydroxyl groups excluding tert-OH is 1. The Morgan fingerprint density at radius 2 is 1.41 bits per heavy atom. The van der Waals surface area contributed by atoms with Crippen LogP contribution in [-0.2, 0) is 4.79 Å². The lowest BCUT2D eigenvalue weighted by Gasteiger charge is -2.18. The molecule has 1 N–H and O–H groups in total. The lowest BCUT2D eigenvalue weighted by Crippen LogP contribution is -2.19. The van der Waals surface area contributed by atoms with Crippen LogP contribution in [0.25, 0.3) is 11.1 Å². The second kappa shape index (κ2) is 12.7. The summed E-state index contributed by atoms with van der Waals surface area (Å²) in [6.45, 7) is 2.98. The van der Waals surface area contributed by atoms with Crippen LogP contribution in [0.3, 0.4) is 0 Å². The van der Waals surface area contributed by atoms with E-state index in [1.807, 2.05) is 68.7 Å². The molecule has 0 bridgehead atoms. The van der Waals surface area contributed by atoms with Crippen LogP contribution < -0.4 is 9.47 Å². The van der Waals surface area contributed by atoms with Crippen molar-refractivity contribution in [3.63, 3.8) is 0 Å². The molecule has 0 saturated carbocycles. The third-order valence-electron chi connectivity index (χ3n) is 5.36. The van der Waals surface area contributed by atoms with Gasteiger partial charge in [-0.1, -0.05) is 54.6 Å². The van der Waals surface area contributed by atoms with E-state index in [4.69, 9.17) is 9.47 Å². The minimum Gasteiger partial charge on any atom is -0.492 e. The minimum atomic E-state index is -0.346. The minimum absolute atomic E-state index is 0.119. The molecule has 3 rings (SSSR count). The fraction of sp³-hybridized carbons (Fsp3) is 0.276. The predicted molar refractivity (Wildman–Crippen MR) is 137 cm³/mol. The average molecular weight is 460 g/mol. The molecule has 0 aromatic heterocycles. The van der Waals surface area contributed by atoms with Crippen LogP contribution in [0, 0.1) is 0 Å². The summed E-state index contributed by atoms with van der Waals surface area (Å²) in [5, 5.41) is 9.57. The molecule has 0 aliphatic heterocycles. The van der Waals surface area contributed by atoms with E-state index in [-0.39, 0.29) is 12.6 Å². The summed E-state index contributed by atoms with van der Waals surface area (Å²) >= 11 is 0. The molecule has 0 atom stereocenters. The number of esters is 1. The van der Waals surface area contributed by atoms with E-state index >= 15 is 0 Å². The molecule has 3 aromatic rings. The van der Waals surface area contributed by atoms with Crippen molar-refractivity contribution in [3.8, 4) is 11.5 Å². The number of hydrogen-bond donors (Lipinski definition) is 1. The Balaban J connectivity index is 2.06. The SMILES string of the molecule is CC(=O)Oc1ccc(/C(=C(\CCCO)c2ccccc2)c2ccc(OCCN(C)C)cc2)cc1. The molecule has 0 heterocycles. The van der Waals surface area contributed by atoms with Crippen molar-refractivity contribution in [2.75, 3.05) is 33.9 Å². The molecule has 0 aliphatic rings. The van der Waals surface area contributed by atoms with Crippen molar-refractivity contribution in [1.29, 1.82) is 0 Å². The number of allylic oxidation sites excluding steroid dienone is 1. The number of benzene rings is 3. The first-order chi connectivity index (χ1) is 16.5. The van der Waals surface area contributed by atoms with Gasteiger partial charge in [-0.25, -0.2) is 0 Å². The van der Waals surface area contributed by atoms with Gasteiger partial charge in [0.1, 0.15) is 18.1 Å². The molecular weight excluding hydrogens is 426 g/mol. The van der Waals surface area contributed by atoms with Gasteiger partial charge in [0.05, 0.1) is 0 Å². The van der Waals surface area contributed by atoms with Crippen molar-refractivity contribution in [1.82, 2.24) is 4.90 Å². The van der Waals surface area contributed by atoms with Crippen molar-refractivity contribution in [3.05, 3.63) is 95.6 Å². The van der Waals surface area contributed by atoms with Gasteiger partial charge < -0.3 is 19.5 Å². The maximum atomic E-state index is 11.3. The average Bonchev–Trinajstić information content (AvgIpc) is 2.83. The Morgan fingerprint density at radius 3 is 1.94 bits per heavy atom. The highest BCUT2D eigenvalue weighted by Gasteiger charge is 2.15. The number of aliphatic hydroxyl groups is 1. The van der Waals surface area contributed by atoms with Crippen LogP contribution in [-0.4, -0.2) is 49.8 Å². The van der Waals surface area contributed by atoms with Crippen LogP contribution in [0.2, 0.25) is 0 Å². The summed E-state index contributed by atoms with van der Waals surface area (Å²) in [5.41, 5.74) is 5.40. The Hall–Kier alpha value is -3.41. The first-order valence-corrected chi connectivity index (χ1v) is 11.5. The van der Waals surface area contributed by atoms with Crippen molar-refractivity contribution < 1.29 is 19.4 Å². The summed E-state index contributed by atoms with van der Waals surface area (Å²) in [4.78, 5) is 13.4. The smallest absolute Gasteiger partial charge is 0.308 e. The van der Waals surface area contributed by atoms with E-state index in [0.717, 1.165) is 46.6 Å². The van der Waals surface area contributed by atoms with Gasteiger partial charge in [-0.05, 0) is 79.0 Å². The number of rotatable bonds is 11. The van der Waals surface area contributed by atoms with Crippen molar-refractivity contribution in [2.45, 2.75) is 19.8 Å². The van der Waals surface area contributed by atoms with Gasteiger partial charge in [-0.15, -0.1) is 0 Å². The van der Waals surface area contributed by atoms with E-state index in [9.17, 15) is 9.90 Å². The molecule has 0 aliphatic carbocycles. The van der Waals surface area contributed by atoms with Crippen molar-refractivity contribution in [2.24, 2.45) is 0 Å². The lowest BCUT2D eigenvalue weighted by atomic mass is 9.87. The summed E-state index contributed by atoms with van der Waals surface area (Å²) < 4.78 is 11.1. The highest BCUT2D eigenvalue weighted by atomic mass is 16.5. The second-order valence-electron chi connectivity index (χ2n) is 8.34. The Labute approximate surface area is 202 Å². The molecule has 3 aromatic carbocycles. The molecule has 0 unspecified atom stereocenters. The van der Waals surface area contributed by atoms with Gasteiger partial charge >= 0.3 is 5.97 Å². The normalized spacial score (nSPS) is 11.8. The Morgan fingerprint density at radius 1 is 0.824 bits per heavy atom. The first kappa shape index (κ1) is 25.2. The highest BCUT2D eigenvalue weighted by molar-refractivity contribution is 5.98. The van der Waals surface area contributed by atoms with E-state index in [1.54, 1.807) is 0 Å². The van der Waals surface area contributed by atoms with E-state index < -0.39 is 0 Å². The predicted octanol–water partition coefficient (Wildman–Crippen LogP) is 5.28. The largest absolute Gasteiger partial charge is 0.492 e. The van der Waals surface area contributed by atoms with Gasteiger partial charge in [0.2, 0.25) is 0 Å². The molecule has 5 heteroatoms. The highest BCUT2D eigenvalue weighted by Crippen LogP contribution is 2.36. The molecule has 0 amide bonds. The van der Waals surface area contributed by atoms with Crippen LogP contribution >= 0.6 is 0 Å². The molecule has 5 nitrogen and oxygen atoms in total. The Kier molecular flexibility index (Phi) is 9.44. The summed E-state index contributed by atoms with van der Waals surface area (Å²) in [6.07, 6.45) is 1.38. The van der Waals surface area contributed by atoms with Gasteiger partial charge in [0.25, 0.3) is 0 Å². The summed E-state index contributed by atoms with van der Waals surface area (Å²) in [7, 11) is 4.04. The summed E-state index contributed by atoms with van der Waals surface area (Å²) in [6, 6.07) is 25.9. The number of likely N-dealkylation sites (N-methyl/N-ethyl adjacent to an activating group) is 1. The second-order valence-corrected chi connectivity index (χ2v) is 8.34. The maximum absolute atomic E-state index is 11.3. The quantitative estimate of drug-likeness (QED) is 0.240. The number of hydrogen-bond acceptors (Lipinski definition) is 5. The fourth-order valence-electron chi connectivity index (χ4n) is 3.74. The zero-order valence-corrected chi connectivity index (χ0v) is 20.2. The van der Waals surface area contributed by atoms with Gasteiger partial charge in [-0.2, -0.15) is 0 Å². The Bertz CT molecular complexity index is 1070. The monoisotopic (exact) mass is 459 g/mol. The van der Waals surface area contributed by atoms with Crippen LogP contribution in [0.5, 0.6) is 11.5 Å². The molecule has 0 spiro atoms. The zero-order chi connectivity index (χ0) is 24.3. The molecule has 178 valence electrons. The summed E-state index contributed by atoms with van der Waals surface area (Å²) in [5.74, 6) is 0.991. The van der Waals surface area contributed by atoms with Gasteiger partial charge in [-0.3, -0.25) is 4.79 Å². The zero-order valence-electron chi connectivity index (χ0n) is 20.2. The fourth-order valence-corrected chi connectivity index (χ4v) is 3.74. The standard InChI is InChI=1S/C29H33NO4/c1-22(32)34-27-17-13-25(14-18-27)29(28(10-7-20-31)23-8-5-4-6-9-23)24-11-15-26(16-12-24)33-21-19-30(2)3/h4-6,8-9,11-18,31H,7,10,19-21H2,1-3H3/b29-28+. The number of nitrogens with zero attached hydrogens (tertiary/aromatic N) is 1. The van der Waals surface area contributed by atoms with Crippen LogP contribution in [0.15, 0.2) is 78.9 Å². The van der Waals surface area contributed by atoms with Crippen LogP contribution in [0.4, 0.5) is 0 Å². The molecular formula is C29H33NO4. The maximum Gasteiger partial charge on any atom is 0.308 e. The van der Waals surface area contributed by atoms with E-state index in [2.05, 4.69) is 29.2 Å². The number of carbonyl (C=O) groups excluding carboxylic acids is 1. The van der Waals surface area contributed by atoms with Gasteiger partial charge in [0.15, 0.2) is 0 Å². The third-order valence-corrected chi connectivity index (χ3v) is 5.36. The first-order valence-electron chi connectivity index (χ1n) is 11.5. The molecule has 0 fully saturated rings. The molecule has 0 radical (unpaired) electrons. The number of carbonyl (C=O) groups is 1. The number of ether oxygens (including phenoxy) is 2. The lowest BCUT2D eigenvalue weighted by molar-refractivity contribution is -0.131.